The summed E-state index contributed by atoms with van der Waals surface area (Å²) in [6.07, 6.45) is 1.01. The first-order valence-corrected chi connectivity index (χ1v) is 7.80. The van der Waals surface area contributed by atoms with Crippen LogP contribution in [0, 0.1) is 6.92 Å². The van der Waals surface area contributed by atoms with Gasteiger partial charge in [0.1, 0.15) is 11.5 Å². The van der Waals surface area contributed by atoms with Crippen molar-refractivity contribution in [2.24, 2.45) is 5.73 Å². The molecule has 2 aromatic carbocycles. The highest BCUT2D eigenvalue weighted by molar-refractivity contribution is 5.92. The van der Waals surface area contributed by atoms with E-state index in [0.29, 0.717) is 35.5 Å². The number of benzene rings is 2. The monoisotopic (exact) mass is 331 g/mol. The van der Waals surface area contributed by atoms with Gasteiger partial charge >= 0.3 is 0 Å². The van der Waals surface area contributed by atoms with Gasteiger partial charge in [0.05, 0.1) is 5.41 Å². The molecule has 3 rings (SSSR count). The van der Waals surface area contributed by atoms with Gasteiger partial charge in [-0.3, -0.25) is 4.79 Å². The van der Waals surface area contributed by atoms with Gasteiger partial charge in [0, 0.05) is 12.5 Å². The fourth-order valence-electron chi connectivity index (χ4n) is 2.98. The number of hydrogen-bond acceptors (Lipinski definition) is 2. The molecule has 0 saturated heterocycles. The fraction of sp³-hybridized carbons (Fsp3) is 0.316. The van der Waals surface area contributed by atoms with Gasteiger partial charge in [0.25, 0.3) is 5.92 Å². The van der Waals surface area contributed by atoms with Gasteiger partial charge < -0.3 is 10.5 Å². The number of carbonyl (C=O) groups excluding carboxylic acids is 1. The van der Waals surface area contributed by atoms with E-state index in [-0.39, 0.29) is 0 Å². The van der Waals surface area contributed by atoms with E-state index < -0.39 is 17.2 Å². The molecule has 0 atom stereocenters. The number of amides is 1. The van der Waals surface area contributed by atoms with Crippen molar-refractivity contribution in [2.75, 3.05) is 0 Å². The van der Waals surface area contributed by atoms with E-state index in [1.54, 1.807) is 42.5 Å². The molecule has 0 spiro atoms. The van der Waals surface area contributed by atoms with Crippen molar-refractivity contribution in [3.63, 3.8) is 0 Å². The lowest BCUT2D eigenvalue weighted by molar-refractivity contribution is -0.0200. The summed E-state index contributed by atoms with van der Waals surface area (Å²) in [4.78, 5) is 11.1. The molecule has 0 bridgehead atoms. The predicted octanol–water partition coefficient (Wildman–Crippen LogP) is 4.57. The molecule has 126 valence electrons. The number of alkyl halides is 2. The summed E-state index contributed by atoms with van der Waals surface area (Å²) >= 11 is 0. The van der Waals surface area contributed by atoms with E-state index in [1.165, 1.54) is 0 Å². The molecule has 5 heteroatoms. The summed E-state index contributed by atoms with van der Waals surface area (Å²) < 4.78 is 33.5. The van der Waals surface area contributed by atoms with Crippen molar-refractivity contribution >= 4 is 5.91 Å². The molecule has 1 saturated carbocycles. The van der Waals surface area contributed by atoms with Gasteiger partial charge in [0.2, 0.25) is 5.91 Å². The summed E-state index contributed by atoms with van der Waals surface area (Å²) in [6.45, 7) is 2.82. The molecular formula is C19H19F2NO2. The van der Waals surface area contributed by atoms with E-state index in [0.717, 1.165) is 12.5 Å². The summed E-state index contributed by atoms with van der Waals surface area (Å²) in [5, 5.41) is 0. The Hall–Kier alpha value is -2.43. The number of hydrogen-bond donors (Lipinski definition) is 1. The summed E-state index contributed by atoms with van der Waals surface area (Å²) in [7, 11) is 0. The number of primary amides is 1. The minimum atomic E-state index is -2.73. The molecule has 2 aromatic rings. The maximum absolute atomic E-state index is 13.9. The molecule has 3 nitrogen and oxygen atoms in total. The second kappa shape index (κ2) is 5.58. The number of ether oxygens (including phenoxy) is 1. The topological polar surface area (TPSA) is 52.3 Å². The molecule has 24 heavy (non-hydrogen) atoms. The van der Waals surface area contributed by atoms with Crippen LogP contribution in [0.3, 0.4) is 0 Å². The highest BCUT2D eigenvalue weighted by Crippen LogP contribution is 2.58. The Labute approximate surface area is 139 Å². The molecule has 1 aliphatic carbocycles. The Balaban J connectivity index is 1.82. The van der Waals surface area contributed by atoms with Crippen LogP contribution in [0.4, 0.5) is 8.78 Å². The van der Waals surface area contributed by atoms with Gasteiger partial charge in [0.15, 0.2) is 0 Å². The summed E-state index contributed by atoms with van der Waals surface area (Å²) in [6, 6.07) is 11.7. The van der Waals surface area contributed by atoms with Crippen LogP contribution in [0.2, 0.25) is 0 Å². The average Bonchev–Trinajstić information content (AvgIpc) is 3.31. The van der Waals surface area contributed by atoms with Crippen LogP contribution in [0.1, 0.15) is 41.3 Å². The lowest BCUT2D eigenvalue weighted by Gasteiger charge is -2.24. The number of nitrogens with two attached hydrogens (primary N) is 1. The zero-order valence-corrected chi connectivity index (χ0v) is 13.6. The third-order valence-corrected chi connectivity index (χ3v) is 4.68. The van der Waals surface area contributed by atoms with Crippen molar-refractivity contribution in [3.05, 3.63) is 59.2 Å². The largest absolute Gasteiger partial charge is 0.457 e. The molecule has 0 aliphatic heterocycles. The van der Waals surface area contributed by atoms with Crippen LogP contribution >= 0.6 is 0 Å². The van der Waals surface area contributed by atoms with Crippen LogP contribution < -0.4 is 10.5 Å². The van der Waals surface area contributed by atoms with Crippen molar-refractivity contribution < 1.29 is 18.3 Å². The van der Waals surface area contributed by atoms with E-state index in [9.17, 15) is 13.6 Å². The predicted molar refractivity (Wildman–Crippen MR) is 87.7 cm³/mol. The van der Waals surface area contributed by atoms with Gasteiger partial charge in [-0.05, 0) is 61.2 Å². The molecule has 0 radical (unpaired) electrons. The second-order valence-electron chi connectivity index (χ2n) is 6.44. The van der Waals surface area contributed by atoms with E-state index in [2.05, 4.69) is 0 Å². The van der Waals surface area contributed by atoms with E-state index in [4.69, 9.17) is 10.5 Å². The second-order valence-corrected chi connectivity index (χ2v) is 6.44. The Morgan fingerprint density at radius 3 is 2.25 bits per heavy atom. The molecule has 1 aliphatic rings. The lowest BCUT2D eigenvalue weighted by Crippen LogP contribution is -2.30. The van der Waals surface area contributed by atoms with Crippen LogP contribution in [-0.2, 0) is 5.41 Å². The third kappa shape index (κ3) is 2.86. The highest BCUT2D eigenvalue weighted by atomic mass is 19.3. The number of halogens is 2. The lowest BCUT2D eigenvalue weighted by atomic mass is 9.89. The zero-order valence-electron chi connectivity index (χ0n) is 13.6. The first-order chi connectivity index (χ1) is 11.2. The van der Waals surface area contributed by atoms with Crippen molar-refractivity contribution in [3.8, 4) is 11.5 Å². The van der Waals surface area contributed by atoms with E-state index in [1.807, 2.05) is 6.92 Å². The van der Waals surface area contributed by atoms with Gasteiger partial charge in [-0.1, -0.05) is 12.1 Å². The number of aryl methyl sites for hydroxylation is 1. The van der Waals surface area contributed by atoms with Crippen molar-refractivity contribution in [1.82, 2.24) is 0 Å². The fourth-order valence-corrected chi connectivity index (χ4v) is 2.98. The number of rotatable bonds is 5. The smallest absolute Gasteiger partial charge is 0.254 e. The Bertz CT molecular complexity index is 775. The maximum Gasteiger partial charge on any atom is 0.254 e. The maximum atomic E-state index is 13.9. The Kier molecular flexibility index (Phi) is 3.82. The first kappa shape index (κ1) is 16.4. The minimum absolute atomic E-state index is 0.398. The van der Waals surface area contributed by atoms with Crippen molar-refractivity contribution in [2.45, 2.75) is 38.0 Å². The van der Waals surface area contributed by atoms with Gasteiger partial charge in [-0.2, -0.15) is 0 Å². The van der Waals surface area contributed by atoms with Gasteiger partial charge in [-0.25, -0.2) is 8.78 Å². The van der Waals surface area contributed by atoms with E-state index >= 15 is 0 Å². The quantitative estimate of drug-likeness (QED) is 0.872. The summed E-state index contributed by atoms with van der Waals surface area (Å²) in [5.74, 6) is -2.08. The minimum Gasteiger partial charge on any atom is -0.457 e. The Morgan fingerprint density at radius 2 is 1.79 bits per heavy atom. The molecule has 1 amide bonds. The zero-order chi connectivity index (χ0) is 17.5. The third-order valence-electron chi connectivity index (χ3n) is 4.68. The Morgan fingerprint density at radius 1 is 1.17 bits per heavy atom. The molecule has 2 N–H and O–H groups in total. The first-order valence-electron chi connectivity index (χ1n) is 7.80. The number of carbonyl (C=O) groups is 1. The SMILES string of the molecule is Cc1cc(C2(C(C)(F)F)CC2)ccc1Oc1ccc(C(N)=O)cc1. The van der Waals surface area contributed by atoms with Crippen LogP contribution in [0.5, 0.6) is 11.5 Å². The van der Waals surface area contributed by atoms with Crippen LogP contribution in [0.15, 0.2) is 42.5 Å². The van der Waals surface area contributed by atoms with Crippen LogP contribution in [0.25, 0.3) is 0 Å². The molecule has 0 aromatic heterocycles. The normalized spacial score (nSPS) is 15.8. The molecular weight excluding hydrogens is 312 g/mol. The molecule has 0 unspecified atom stereocenters. The van der Waals surface area contributed by atoms with Gasteiger partial charge in [-0.15, -0.1) is 0 Å². The van der Waals surface area contributed by atoms with Crippen LogP contribution in [-0.4, -0.2) is 11.8 Å². The highest BCUT2D eigenvalue weighted by Gasteiger charge is 2.60. The van der Waals surface area contributed by atoms with Crippen molar-refractivity contribution in [1.29, 1.82) is 0 Å². The molecule has 1 fully saturated rings. The standard InChI is InChI=1S/C19H19F2NO2/c1-12-11-14(19(9-10-19)18(2,20)21)5-8-16(12)24-15-6-3-13(4-7-15)17(22)23/h3-8,11H,9-10H2,1-2H3,(H2,22,23). The average molecular weight is 331 g/mol. The summed E-state index contributed by atoms with van der Waals surface area (Å²) in [5.41, 5.74) is 6.02. The molecule has 0 heterocycles.